The smallest absolute Gasteiger partial charge is 0.355 e. The van der Waals surface area contributed by atoms with Gasteiger partial charge in [-0.05, 0) is 42.7 Å². The molecule has 2 aromatic carbocycles. The van der Waals surface area contributed by atoms with Crippen molar-refractivity contribution in [3.63, 3.8) is 0 Å². The minimum Gasteiger partial charge on any atom is -0.451 e. The molecule has 31 heavy (non-hydrogen) atoms. The van der Waals surface area contributed by atoms with Gasteiger partial charge in [-0.3, -0.25) is 14.4 Å². The molecule has 0 bridgehead atoms. The van der Waals surface area contributed by atoms with Crippen LogP contribution in [0.15, 0.2) is 54.2 Å². The number of carbonyl (C=O) groups excluding carboxylic acids is 4. The SMILES string of the molecule is CC(=O)N/C(=C\c1ccccc1)C(=O)OCC(=O)NCC(=O)Nc1cccc(C)c1C. The van der Waals surface area contributed by atoms with Crippen molar-refractivity contribution >= 4 is 35.5 Å². The minimum absolute atomic E-state index is 0.0980. The largest absolute Gasteiger partial charge is 0.451 e. The Kier molecular flexibility index (Phi) is 8.51. The molecule has 3 N–H and O–H groups in total. The van der Waals surface area contributed by atoms with E-state index in [1.54, 1.807) is 30.3 Å². The normalized spacial score (nSPS) is 10.7. The number of ether oxygens (including phenoxy) is 1. The lowest BCUT2D eigenvalue weighted by atomic mass is 10.1. The number of rotatable bonds is 8. The van der Waals surface area contributed by atoms with E-state index in [2.05, 4.69) is 16.0 Å². The topological polar surface area (TPSA) is 114 Å². The lowest BCUT2D eigenvalue weighted by Crippen LogP contribution is -2.36. The van der Waals surface area contributed by atoms with E-state index >= 15 is 0 Å². The Hall–Kier alpha value is -3.94. The first-order valence-electron chi connectivity index (χ1n) is 9.60. The van der Waals surface area contributed by atoms with E-state index in [1.165, 1.54) is 13.0 Å². The molecule has 8 nitrogen and oxygen atoms in total. The van der Waals surface area contributed by atoms with Gasteiger partial charge in [0.05, 0.1) is 6.54 Å². The zero-order valence-electron chi connectivity index (χ0n) is 17.7. The summed E-state index contributed by atoms with van der Waals surface area (Å²) in [5.41, 5.74) is 3.21. The summed E-state index contributed by atoms with van der Waals surface area (Å²) in [7, 11) is 0. The Balaban J connectivity index is 1.86. The van der Waals surface area contributed by atoms with E-state index < -0.39 is 30.3 Å². The first-order valence-corrected chi connectivity index (χ1v) is 9.60. The molecule has 0 atom stereocenters. The van der Waals surface area contributed by atoms with Crippen molar-refractivity contribution in [1.82, 2.24) is 10.6 Å². The number of hydrogen-bond donors (Lipinski definition) is 3. The molecule has 0 aliphatic rings. The molecule has 2 aromatic rings. The summed E-state index contributed by atoms with van der Waals surface area (Å²) >= 11 is 0. The molecule has 0 aliphatic heterocycles. The molecule has 0 saturated carbocycles. The third-order valence-corrected chi connectivity index (χ3v) is 4.30. The van der Waals surface area contributed by atoms with Gasteiger partial charge < -0.3 is 20.7 Å². The summed E-state index contributed by atoms with van der Waals surface area (Å²) in [5.74, 6) is -2.37. The molecular formula is C23H25N3O5. The second-order valence-electron chi connectivity index (χ2n) is 6.80. The number of benzene rings is 2. The molecule has 0 unspecified atom stereocenters. The maximum absolute atomic E-state index is 12.3. The maximum atomic E-state index is 12.3. The number of anilines is 1. The molecule has 0 aromatic heterocycles. The van der Waals surface area contributed by atoms with Gasteiger partial charge in [0.1, 0.15) is 5.70 Å². The predicted molar refractivity (Wildman–Crippen MR) is 117 cm³/mol. The van der Waals surface area contributed by atoms with Crippen LogP contribution in [0.4, 0.5) is 5.69 Å². The van der Waals surface area contributed by atoms with Crippen LogP contribution in [0.1, 0.15) is 23.6 Å². The third kappa shape index (κ3) is 7.77. The molecule has 3 amide bonds. The average molecular weight is 423 g/mol. The summed E-state index contributed by atoms with van der Waals surface area (Å²) in [5, 5.41) is 7.50. The predicted octanol–water partition coefficient (Wildman–Crippen LogP) is 2.08. The van der Waals surface area contributed by atoms with E-state index in [0.29, 0.717) is 11.3 Å². The molecule has 0 saturated heterocycles. The lowest BCUT2D eigenvalue weighted by Gasteiger charge is -2.11. The molecule has 0 aliphatic carbocycles. The molecule has 8 heteroatoms. The minimum atomic E-state index is -0.867. The number of hydrogen-bond acceptors (Lipinski definition) is 5. The second kappa shape index (κ2) is 11.3. The number of nitrogens with one attached hydrogen (secondary N) is 3. The van der Waals surface area contributed by atoms with Gasteiger partial charge in [-0.25, -0.2) is 4.79 Å². The van der Waals surface area contributed by atoms with Gasteiger partial charge in [0.15, 0.2) is 6.61 Å². The van der Waals surface area contributed by atoms with Crippen LogP contribution in [-0.2, 0) is 23.9 Å². The monoisotopic (exact) mass is 423 g/mol. The van der Waals surface area contributed by atoms with Crippen molar-refractivity contribution in [1.29, 1.82) is 0 Å². The standard InChI is InChI=1S/C23H25N3O5/c1-15-8-7-11-19(16(15)2)26-21(28)13-24-22(29)14-31-23(30)20(25-17(3)27)12-18-9-5-4-6-10-18/h4-12H,13-14H2,1-3H3,(H,24,29)(H,25,27)(H,26,28)/b20-12-. The lowest BCUT2D eigenvalue weighted by molar-refractivity contribution is -0.145. The first-order chi connectivity index (χ1) is 14.8. The molecular weight excluding hydrogens is 398 g/mol. The van der Waals surface area contributed by atoms with Crippen molar-refractivity contribution in [2.24, 2.45) is 0 Å². The van der Waals surface area contributed by atoms with Gasteiger partial charge in [0, 0.05) is 12.6 Å². The summed E-state index contributed by atoms with van der Waals surface area (Å²) in [6.07, 6.45) is 1.44. The average Bonchev–Trinajstić information content (AvgIpc) is 2.73. The maximum Gasteiger partial charge on any atom is 0.355 e. The van der Waals surface area contributed by atoms with Crippen LogP contribution in [0.5, 0.6) is 0 Å². The van der Waals surface area contributed by atoms with Crippen molar-refractivity contribution in [3.05, 3.63) is 70.9 Å². The van der Waals surface area contributed by atoms with Crippen LogP contribution in [0.2, 0.25) is 0 Å². The fourth-order valence-corrected chi connectivity index (χ4v) is 2.57. The summed E-state index contributed by atoms with van der Waals surface area (Å²) < 4.78 is 4.96. The fraction of sp³-hybridized carbons (Fsp3) is 0.217. The second-order valence-corrected chi connectivity index (χ2v) is 6.80. The van der Waals surface area contributed by atoms with E-state index in [1.807, 2.05) is 32.0 Å². The van der Waals surface area contributed by atoms with Crippen LogP contribution >= 0.6 is 0 Å². The third-order valence-electron chi connectivity index (χ3n) is 4.30. The molecule has 162 valence electrons. The molecule has 0 fully saturated rings. The Morgan fingerprint density at radius 1 is 0.935 bits per heavy atom. The Morgan fingerprint density at radius 2 is 1.65 bits per heavy atom. The summed E-state index contributed by atoms with van der Waals surface area (Å²) in [6.45, 7) is 4.21. The van der Waals surface area contributed by atoms with Crippen LogP contribution in [-0.4, -0.2) is 36.8 Å². The van der Waals surface area contributed by atoms with Crippen LogP contribution < -0.4 is 16.0 Å². The molecule has 0 radical (unpaired) electrons. The quantitative estimate of drug-likeness (QED) is 0.444. The van der Waals surface area contributed by atoms with Crippen molar-refractivity contribution < 1.29 is 23.9 Å². The molecule has 0 spiro atoms. The van der Waals surface area contributed by atoms with Crippen molar-refractivity contribution in [3.8, 4) is 0 Å². The number of aryl methyl sites for hydroxylation is 1. The van der Waals surface area contributed by atoms with Gasteiger partial charge in [-0.1, -0.05) is 42.5 Å². The Labute approximate surface area is 180 Å². The highest BCUT2D eigenvalue weighted by atomic mass is 16.5. The highest BCUT2D eigenvalue weighted by Gasteiger charge is 2.15. The van der Waals surface area contributed by atoms with Gasteiger partial charge in [0.25, 0.3) is 5.91 Å². The van der Waals surface area contributed by atoms with Crippen LogP contribution in [0.3, 0.4) is 0 Å². The Morgan fingerprint density at radius 3 is 2.32 bits per heavy atom. The van der Waals surface area contributed by atoms with Gasteiger partial charge in [-0.15, -0.1) is 0 Å². The van der Waals surface area contributed by atoms with Crippen LogP contribution in [0, 0.1) is 13.8 Å². The van der Waals surface area contributed by atoms with E-state index in [9.17, 15) is 19.2 Å². The number of amides is 3. The zero-order valence-corrected chi connectivity index (χ0v) is 17.7. The molecule has 2 rings (SSSR count). The number of esters is 1. The summed E-state index contributed by atoms with van der Waals surface area (Å²) in [6, 6.07) is 14.4. The highest BCUT2D eigenvalue weighted by molar-refractivity contribution is 5.99. The summed E-state index contributed by atoms with van der Waals surface area (Å²) in [4.78, 5) is 47.7. The Bertz CT molecular complexity index is 1000. The van der Waals surface area contributed by atoms with Gasteiger partial charge in [-0.2, -0.15) is 0 Å². The zero-order chi connectivity index (χ0) is 22.8. The van der Waals surface area contributed by atoms with Crippen molar-refractivity contribution in [2.75, 3.05) is 18.5 Å². The van der Waals surface area contributed by atoms with Gasteiger partial charge >= 0.3 is 5.97 Å². The fourth-order valence-electron chi connectivity index (χ4n) is 2.57. The van der Waals surface area contributed by atoms with E-state index in [-0.39, 0.29) is 12.2 Å². The van der Waals surface area contributed by atoms with Crippen LogP contribution in [0.25, 0.3) is 6.08 Å². The number of carbonyl (C=O) groups is 4. The van der Waals surface area contributed by atoms with Crippen molar-refractivity contribution in [2.45, 2.75) is 20.8 Å². The highest BCUT2D eigenvalue weighted by Crippen LogP contribution is 2.17. The van der Waals surface area contributed by atoms with E-state index in [4.69, 9.17) is 4.74 Å². The molecule has 0 heterocycles. The first kappa shape index (κ1) is 23.3. The van der Waals surface area contributed by atoms with Gasteiger partial charge in [0.2, 0.25) is 11.8 Å². The van der Waals surface area contributed by atoms with E-state index in [0.717, 1.165) is 11.1 Å².